The molecule has 0 aliphatic rings. The highest BCUT2D eigenvalue weighted by Crippen LogP contribution is 2.31. The number of nitrogens with zero attached hydrogens (tertiary/aromatic N) is 1. The van der Waals surface area contributed by atoms with Crippen LogP contribution in [0.4, 0.5) is 5.69 Å². The highest BCUT2D eigenvalue weighted by molar-refractivity contribution is 7.92. The lowest BCUT2D eigenvalue weighted by Gasteiger charge is -2.26. The van der Waals surface area contributed by atoms with Gasteiger partial charge in [-0.25, -0.2) is 8.42 Å². The third-order valence-corrected chi connectivity index (χ3v) is 9.90. The van der Waals surface area contributed by atoms with Crippen molar-refractivity contribution >= 4 is 50.6 Å². The molecule has 2 N–H and O–H groups in total. The lowest BCUT2D eigenvalue weighted by Crippen LogP contribution is -2.40. The van der Waals surface area contributed by atoms with Crippen molar-refractivity contribution in [2.75, 3.05) is 24.4 Å². The molecule has 0 radical (unpaired) electrons. The third kappa shape index (κ3) is 10.4. The molecule has 0 aliphatic heterocycles. The quantitative estimate of drug-likeness (QED) is 0.0910. The number of sulfonamides is 1. The largest absolute Gasteiger partial charge is 0.490 e. The van der Waals surface area contributed by atoms with E-state index in [1.807, 2.05) is 37.3 Å². The van der Waals surface area contributed by atoms with Crippen molar-refractivity contribution < 1.29 is 32.6 Å². The topological polar surface area (TPSA) is 122 Å². The van der Waals surface area contributed by atoms with Crippen molar-refractivity contribution in [3.8, 4) is 17.2 Å². The predicted octanol–water partition coefficient (Wildman–Crippen LogP) is 8.69. The van der Waals surface area contributed by atoms with Gasteiger partial charge in [0.1, 0.15) is 30.0 Å². The van der Waals surface area contributed by atoms with Crippen LogP contribution in [0.1, 0.15) is 46.0 Å². The van der Waals surface area contributed by atoms with Gasteiger partial charge in [-0.05, 0) is 85.1 Å². The summed E-state index contributed by atoms with van der Waals surface area (Å²) in [4.78, 5) is 28.3. The number of hydrogen-bond acceptors (Lipinski definition) is 7. The second kappa shape index (κ2) is 18.1. The van der Waals surface area contributed by atoms with Gasteiger partial charge in [0.05, 0.1) is 33.3 Å². The number of para-hydroxylation sites is 2. The summed E-state index contributed by atoms with van der Waals surface area (Å²) < 4.78 is 41.1. The van der Waals surface area contributed by atoms with Gasteiger partial charge in [0.25, 0.3) is 15.9 Å². The van der Waals surface area contributed by atoms with Crippen molar-refractivity contribution in [1.29, 1.82) is 0 Å². The number of ether oxygens (including phenoxy) is 2. The number of ketones is 1. The number of aliphatic hydroxyl groups excluding tert-OH is 1. The van der Waals surface area contributed by atoms with Crippen LogP contribution in [0, 0.1) is 0 Å². The number of carbonyl (C=O) groups excluding carboxylic acids is 2. The summed E-state index contributed by atoms with van der Waals surface area (Å²) in [6.45, 7) is 1.82. The predicted molar refractivity (Wildman–Crippen MR) is 203 cm³/mol. The number of amides is 1. The molecule has 0 saturated carbocycles. The number of carbonyl (C=O) groups is 2. The molecule has 5 aromatic rings. The van der Waals surface area contributed by atoms with Crippen LogP contribution in [0.25, 0.3) is 0 Å². The Morgan fingerprint density at radius 2 is 1.50 bits per heavy atom. The second-order valence-electron chi connectivity index (χ2n) is 11.9. The van der Waals surface area contributed by atoms with Crippen molar-refractivity contribution in [3.63, 3.8) is 0 Å². The van der Waals surface area contributed by atoms with Crippen LogP contribution in [0.3, 0.4) is 0 Å². The van der Waals surface area contributed by atoms with Gasteiger partial charge in [0.15, 0.2) is 5.78 Å². The van der Waals surface area contributed by atoms with Gasteiger partial charge in [0, 0.05) is 18.0 Å². The molecule has 5 aromatic carbocycles. The zero-order chi connectivity index (χ0) is 37.1. The van der Waals surface area contributed by atoms with Crippen LogP contribution in [0.15, 0.2) is 126 Å². The van der Waals surface area contributed by atoms with E-state index >= 15 is 0 Å². The number of Topliss-reactive ketones (excluding diaryl/α,β-unsaturated/α-hetero) is 1. The first kappa shape index (κ1) is 38.4. The number of aliphatic hydroxyl groups is 1. The van der Waals surface area contributed by atoms with Crippen LogP contribution in [-0.4, -0.2) is 55.9 Å². The van der Waals surface area contributed by atoms with Crippen LogP contribution in [0.2, 0.25) is 10.0 Å². The van der Waals surface area contributed by atoms with E-state index in [-0.39, 0.29) is 46.6 Å². The zero-order valence-corrected chi connectivity index (χ0v) is 30.7. The highest BCUT2D eigenvalue weighted by atomic mass is 35.5. The summed E-state index contributed by atoms with van der Waals surface area (Å²) in [6, 6.07) is 33.5. The van der Waals surface area contributed by atoms with E-state index in [1.165, 1.54) is 47.4 Å². The van der Waals surface area contributed by atoms with Crippen molar-refractivity contribution in [2.45, 2.75) is 37.2 Å². The summed E-state index contributed by atoms with van der Waals surface area (Å²) in [5.74, 6) is 0.508. The maximum atomic E-state index is 13.9. The molecule has 0 aliphatic carbocycles. The molecule has 9 nitrogen and oxygen atoms in total. The fourth-order valence-electron chi connectivity index (χ4n) is 5.40. The molecule has 12 heteroatoms. The maximum absolute atomic E-state index is 13.9. The third-order valence-electron chi connectivity index (χ3n) is 7.97. The Morgan fingerprint density at radius 1 is 0.827 bits per heavy atom. The number of hydrogen-bond donors (Lipinski definition) is 2. The van der Waals surface area contributed by atoms with Gasteiger partial charge in [0.2, 0.25) is 0 Å². The van der Waals surface area contributed by atoms with Gasteiger partial charge in [-0.1, -0.05) is 84.7 Å². The van der Waals surface area contributed by atoms with E-state index in [9.17, 15) is 23.1 Å². The Morgan fingerprint density at radius 3 is 2.21 bits per heavy atom. The minimum absolute atomic E-state index is 0.00525. The number of nitrogens with one attached hydrogen (secondary N) is 1. The van der Waals surface area contributed by atoms with E-state index in [2.05, 4.69) is 4.72 Å². The van der Waals surface area contributed by atoms with E-state index in [0.29, 0.717) is 47.1 Å². The van der Waals surface area contributed by atoms with Crippen LogP contribution < -0.4 is 14.2 Å². The average molecular weight is 762 g/mol. The molecule has 0 aromatic heterocycles. The maximum Gasteiger partial charge on any atom is 0.261 e. The monoisotopic (exact) mass is 760 g/mol. The van der Waals surface area contributed by atoms with E-state index in [4.69, 9.17) is 32.7 Å². The Bertz CT molecular complexity index is 2100. The molecular weight excluding hydrogens is 723 g/mol. The first-order valence-corrected chi connectivity index (χ1v) is 18.9. The normalized spacial score (nSPS) is 11.8. The number of benzene rings is 5. The fraction of sp³-hybridized carbons (Fsp3) is 0.200. The van der Waals surface area contributed by atoms with Crippen molar-refractivity contribution in [2.24, 2.45) is 0 Å². The molecule has 0 spiro atoms. The SMILES string of the molecule is CCCN(C[C@H](O)COc1ccccc1C(=O)CCc1ccccc1)C(=O)c1cc(Cl)ccc1NS(=O)(=O)c1ccc(Oc2ccccc2Cl)cc1. The molecule has 1 amide bonds. The zero-order valence-electron chi connectivity index (χ0n) is 28.4. The Labute approximate surface area is 313 Å². The molecule has 0 saturated heterocycles. The van der Waals surface area contributed by atoms with Crippen LogP contribution in [-0.2, 0) is 16.4 Å². The molecule has 0 heterocycles. The number of rotatable bonds is 17. The second-order valence-corrected chi connectivity index (χ2v) is 14.4. The standard InChI is InChI=1S/C40H38Cl2N2O7S/c1-2-24-44(26-30(45)27-50-38-14-8-6-12-33(38)37(46)23-16-28-10-4-3-5-11-28)40(47)34-25-29(41)17-22-36(34)43-52(48,49)32-20-18-31(19-21-32)51-39-15-9-7-13-35(39)42/h3-15,17-22,25,30,43,45H,2,16,23-24,26-27H2,1H3/t30-/m0/s1. The average Bonchev–Trinajstić information content (AvgIpc) is 3.15. The van der Waals surface area contributed by atoms with E-state index in [0.717, 1.165) is 5.56 Å². The Hall–Kier alpha value is -4.87. The van der Waals surface area contributed by atoms with E-state index < -0.39 is 22.0 Å². The minimum atomic E-state index is -4.15. The summed E-state index contributed by atoms with van der Waals surface area (Å²) in [5.41, 5.74) is 1.48. The lowest BCUT2D eigenvalue weighted by molar-refractivity contribution is 0.0500. The smallest absolute Gasteiger partial charge is 0.261 e. The van der Waals surface area contributed by atoms with Crippen LogP contribution >= 0.6 is 23.2 Å². The minimum Gasteiger partial charge on any atom is -0.490 e. The molecule has 0 fully saturated rings. The first-order valence-electron chi connectivity index (χ1n) is 16.6. The molecule has 0 unspecified atom stereocenters. The Balaban J connectivity index is 1.25. The molecule has 1 atom stereocenters. The molecule has 0 bridgehead atoms. The molecule has 52 heavy (non-hydrogen) atoms. The lowest BCUT2D eigenvalue weighted by atomic mass is 10.0. The summed E-state index contributed by atoms with van der Waals surface area (Å²) >= 11 is 12.4. The van der Waals surface area contributed by atoms with Crippen molar-refractivity contribution in [1.82, 2.24) is 4.90 Å². The summed E-state index contributed by atoms with van der Waals surface area (Å²) in [6.07, 6.45) is 0.301. The van der Waals surface area contributed by atoms with Gasteiger partial charge >= 0.3 is 0 Å². The van der Waals surface area contributed by atoms with Crippen molar-refractivity contribution in [3.05, 3.63) is 148 Å². The first-order chi connectivity index (χ1) is 25.0. The van der Waals surface area contributed by atoms with Gasteiger partial charge in [-0.3, -0.25) is 14.3 Å². The van der Waals surface area contributed by atoms with Crippen LogP contribution in [0.5, 0.6) is 17.2 Å². The highest BCUT2D eigenvalue weighted by Gasteiger charge is 2.25. The van der Waals surface area contributed by atoms with Gasteiger partial charge in [-0.15, -0.1) is 0 Å². The molecule has 270 valence electrons. The number of anilines is 1. The van der Waals surface area contributed by atoms with Gasteiger partial charge in [-0.2, -0.15) is 0 Å². The number of aryl methyl sites for hydroxylation is 1. The van der Waals surface area contributed by atoms with E-state index in [1.54, 1.807) is 48.5 Å². The Kier molecular flexibility index (Phi) is 13.3. The molecule has 5 rings (SSSR count). The molecular formula is C40H38Cl2N2O7S. The summed E-state index contributed by atoms with van der Waals surface area (Å²) in [5, 5.41) is 11.6. The van der Waals surface area contributed by atoms with Gasteiger partial charge < -0.3 is 19.5 Å². The number of halogens is 2. The summed E-state index contributed by atoms with van der Waals surface area (Å²) in [7, 11) is -4.15. The fourth-order valence-corrected chi connectivity index (χ4v) is 6.82.